The second-order valence-electron chi connectivity index (χ2n) is 6.74. The molecule has 24 heavy (non-hydrogen) atoms. The Balaban J connectivity index is 1.79. The van der Waals surface area contributed by atoms with Crippen molar-refractivity contribution >= 4 is 15.9 Å². The summed E-state index contributed by atoms with van der Waals surface area (Å²) in [6.07, 6.45) is 2.89. The first-order valence-electron chi connectivity index (χ1n) is 8.69. The molecule has 1 amide bonds. The van der Waals surface area contributed by atoms with Gasteiger partial charge in [-0.15, -0.1) is 0 Å². The number of nitrogens with one attached hydrogen (secondary N) is 1. The van der Waals surface area contributed by atoms with Gasteiger partial charge in [0.15, 0.2) is 0 Å². The van der Waals surface area contributed by atoms with Gasteiger partial charge in [-0.05, 0) is 31.0 Å². The number of hydrogen-bond donors (Lipinski definition) is 1. The monoisotopic (exact) mass is 352 g/mol. The maximum Gasteiger partial charge on any atom is 0.254 e. The van der Waals surface area contributed by atoms with Crippen molar-refractivity contribution in [3.8, 4) is 0 Å². The second kappa shape index (κ2) is 7.21. The molecule has 0 aromatic heterocycles. The van der Waals surface area contributed by atoms with E-state index in [4.69, 9.17) is 0 Å². The van der Waals surface area contributed by atoms with E-state index in [1.165, 1.54) is 11.0 Å². The Labute approximate surface area is 144 Å². The standard InChI is InChI=1S/C17H25N3O3S/c1-18-10-12-19(13-11-18)17(21)15-6-5-7-16(14-15)24(22,23)20-8-3-2-4-9-20/h5-7,14H,2-4,8-13H2,1H3/p+1. The number of rotatable bonds is 3. The van der Waals surface area contributed by atoms with Crippen molar-refractivity contribution < 1.29 is 18.1 Å². The lowest BCUT2D eigenvalue weighted by atomic mass is 10.2. The van der Waals surface area contributed by atoms with E-state index in [9.17, 15) is 13.2 Å². The van der Waals surface area contributed by atoms with Crippen molar-refractivity contribution in [1.82, 2.24) is 9.21 Å². The van der Waals surface area contributed by atoms with Crippen molar-refractivity contribution in [2.45, 2.75) is 24.2 Å². The minimum Gasteiger partial charge on any atom is -0.334 e. The quantitative estimate of drug-likeness (QED) is 0.822. The summed E-state index contributed by atoms with van der Waals surface area (Å²) in [6, 6.07) is 6.51. The number of carbonyl (C=O) groups is 1. The molecule has 1 N–H and O–H groups in total. The van der Waals surface area contributed by atoms with Gasteiger partial charge in [-0.2, -0.15) is 4.31 Å². The molecule has 0 radical (unpaired) electrons. The molecule has 3 rings (SSSR count). The van der Waals surface area contributed by atoms with E-state index >= 15 is 0 Å². The van der Waals surface area contributed by atoms with E-state index in [0.717, 1.165) is 32.4 Å². The molecular weight excluding hydrogens is 326 g/mol. The van der Waals surface area contributed by atoms with Gasteiger partial charge in [-0.1, -0.05) is 12.5 Å². The lowest BCUT2D eigenvalue weighted by Gasteiger charge is -2.30. The number of carbonyl (C=O) groups excluding carboxylic acids is 1. The van der Waals surface area contributed by atoms with Crippen molar-refractivity contribution in [3.63, 3.8) is 0 Å². The minimum absolute atomic E-state index is 0.0711. The highest BCUT2D eigenvalue weighted by molar-refractivity contribution is 7.89. The topological polar surface area (TPSA) is 62.1 Å². The van der Waals surface area contributed by atoms with Crippen LogP contribution in [0.15, 0.2) is 29.2 Å². The van der Waals surface area contributed by atoms with Gasteiger partial charge >= 0.3 is 0 Å². The fraction of sp³-hybridized carbons (Fsp3) is 0.588. The van der Waals surface area contributed by atoms with Gasteiger partial charge in [0, 0.05) is 18.7 Å². The number of nitrogens with zero attached hydrogens (tertiary/aromatic N) is 2. The number of likely N-dealkylation sites (N-methyl/N-ethyl adjacent to an activating group) is 1. The van der Waals surface area contributed by atoms with E-state index in [1.54, 1.807) is 22.5 Å². The summed E-state index contributed by atoms with van der Waals surface area (Å²) >= 11 is 0. The molecule has 2 fully saturated rings. The highest BCUT2D eigenvalue weighted by Crippen LogP contribution is 2.21. The molecule has 2 heterocycles. The van der Waals surface area contributed by atoms with Crippen LogP contribution < -0.4 is 4.90 Å². The van der Waals surface area contributed by atoms with Crippen LogP contribution in [0.4, 0.5) is 0 Å². The second-order valence-corrected chi connectivity index (χ2v) is 8.68. The smallest absolute Gasteiger partial charge is 0.254 e. The van der Waals surface area contributed by atoms with Crippen LogP contribution in [0.25, 0.3) is 0 Å². The number of hydrogen-bond acceptors (Lipinski definition) is 3. The summed E-state index contributed by atoms with van der Waals surface area (Å²) < 4.78 is 27.1. The summed E-state index contributed by atoms with van der Waals surface area (Å²) in [5, 5.41) is 0. The van der Waals surface area contributed by atoms with E-state index in [-0.39, 0.29) is 10.8 Å². The van der Waals surface area contributed by atoms with Crippen LogP contribution in [0.3, 0.4) is 0 Å². The SMILES string of the molecule is C[NH+]1CCN(C(=O)c2cccc(S(=O)(=O)N3CCCCC3)c2)CC1. The fourth-order valence-corrected chi connectivity index (χ4v) is 4.88. The number of amides is 1. The molecule has 0 unspecified atom stereocenters. The number of quaternary nitrogens is 1. The Morgan fingerprint density at radius 2 is 1.71 bits per heavy atom. The molecule has 0 atom stereocenters. The van der Waals surface area contributed by atoms with Crippen molar-refractivity contribution in [3.05, 3.63) is 29.8 Å². The van der Waals surface area contributed by atoms with Gasteiger partial charge in [0.1, 0.15) is 0 Å². The largest absolute Gasteiger partial charge is 0.334 e. The molecule has 0 aliphatic carbocycles. The molecule has 6 nitrogen and oxygen atoms in total. The molecule has 2 saturated heterocycles. The fourth-order valence-electron chi connectivity index (χ4n) is 3.32. The van der Waals surface area contributed by atoms with Crippen LogP contribution >= 0.6 is 0 Å². The van der Waals surface area contributed by atoms with Crippen LogP contribution in [0.5, 0.6) is 0 Å². The number of sulfonamides is 1. The van der Waals surface area contributed by atoms with Gasteiger partial charge in [0.2, 0.25) is 10.0 Å². The zero-order valence-electron chi connectivity index (χ0n) is 14.2. The van der Waals surface area contributed by atoms with Crippen LogP contribution in [-0.4, -0.2) is 69.8 Å². The first kappa shape index (κ1) is 17.4. The van der Waals surface area contributed by atoms with Crippen LogP contribution in [0, 0.1) is 0 Å². The third-order valence-electron chi connectivity index (χ3n) is 4.94. The van der Waals surface area contributed by atoms with Crippen LogP contribution in [-0.2, 0) is 10.0 Å². The van der Waals surface area contributed by atoms with Crippen molar-refractivity contribution in [1.29, 1.82) is 0 Å². The summed E-state index contributed by atoms with van der Waals surface area (Å²) in [4.78, 5) is 16.1. The molecule has 0 bridgehead atoms. The third kappa shape index (κ3) is 3.63. The lowest BCUT2D eigenvalue weighted by molar-refractivity contribution is -0.883. The van der Waals surface area contributed by atoms with E-state index in [1.807, 2.05) is 4.90 Å². The normalized spacial score (nSPS) is 21.0. The highest BCUT2D eigenvalue weighted by Gasteiger charge is 2.28. The molecule has 1 aromatic carbocycles. The number of piperazine rings is 1. The van der Waals surface area contributed by atoms with Gasteiger partial charge in [-0.3, -0.25) is 4.79 Å². The van der Waals surface area contributed by atoms with Crippen LogP contribution in [0.1, 0.15) is 29.6 Å². The van der Waals surface area contributed by atoms with Crippen molar-refractivity contribution in [2.24, 2.45) is 0 Å². The summed E-state index contributed by atoms with van der Waals surface area (Å²) in [7, 11) is -1.38. The van der Waals surface area contributed by atoms with Gasteiger partial charge in [0.05, 0.1) is 38.1 Å². The molecule has 132 valence electrons. The molecule has 2 aliphatic rings. The summed E-state index contributed by atoms with van der Waals surface area (Å²) in [6.45, 7) is 4.43. The Morgan fingerprint density at radius 3 is 2.38 bits per heavy atom. The average molecular weight is 352 g/mol. The zero-order chi connectivity index (χ0) is 17.2. The van der Waals surface area contributed by atoms with Gasteiger partial charge < -0.3 is 9.80 Å². The number of piperidine rings is 1. The average Bonchev–Trinajstić information content (AvgIpc) is 2.62. The Hall–Kier alpha value is -1.44. The molecule has 2 aliphatic heterocycles. The Morgan fingerprint density at radius 1 is 1.04 bits per heavy atom. The maximum atomic E-state index is 12.8. The summed E-state index contributed by atoms with van der Waals surface area (Å²) in [5.41, 5.74) is 0.465. The van der Waals surface area contributed by atoms with E-state index < -0.39 is 10.0 Å². The van der Waals surface area contributed by atoms with E-state index in [0.29, 0.717) is 31.7 Å². The molecule has 1 aromatic rings. The molecule has 0 spiro atoms. The first-order valence-corrected chi connectivity index (χ1v) is 10.1. The van der Waals surface area contributed by atoms with Crippen molar-refractivity contribution in [2.75, 3.05) is 46.3 Å². The number of benzene rings is 1. The van der Waals surface area contributed by atoms with Crippen LogP contribution in [0.2, 0.25) is 0 Å². The Kier molecular flexibility index (Phi) is 5.22. The zero-order valence-corrected chi connectivity index (χ0v) is 15.0. The molecule has 7 heteroatoms. The first-order chi connectivity index (χ1) is 11.5. The maximum absolute atomic E-state index is 12.8. The Bertz CT molecular complexity index is 691. The predicted octanol–water partition coefficient (Wildman–Crippen LogP) is -0.168. The van der Waals surface area contributed by atoms with Gasteiger partial charge in [0.25, 0.3) is 5.91 Å². The highest BCUT2D eigenvalue weighted by atomic mass is 32.2. The lowest BCUT2D eigenvalue weighted by Crippen LogP contribution is -3.12. The van der Waals surface area contributed by atoms with E-state index in [2.05, 4.69) is 7.05 Å². The molecule has 0 saturated carbocycles. The third-order valence-corrected chi connectivity index (χ3v) is 6.83. The predicted molar refractivity (Wildman–Crippen MR) is 91.6 cm³/mol. The molecular formula is C17H26N3O3S+. The minimum atomic E-state index is -3.50. The summed E-state index contributed by atoms with van der Waals surface area (Å²) in [5.74, 6) is -0.0711. The van der Waals surface area contributed by atoms with Gasteiger partial charge in [-0.25, -0.2) is 8.42 Å².